The highest BCUT2D eigenvalue weighted by molar-refractivity contribution is 7.89. The van der Waals surface area contributed by atoms with Crippen LogP contribution in [0.15, 0.2) is 40.6 Å². The highest BCUT2D eigenvalue weighted by atomic mass is 32.2. The molecule has 0 aliphatic carbocycles. The van der Waals surface area contributed by atoms with E-state index in [0.717, 1.165) is 4.31 Å². The standard InChI is InChI=1S/C13H14FNO3S2/c1-15(7-10-4-2-3-5-13(10)14)20(17,18)12-6-11(8-16)19-9-12/h2-6,9,16H,7-8H2,1H3. The molecular formula is C13H14FNO3S2. The Morgan fingerprint density at radius 3 is 2.65 bits per heavy atom. The van der Waals surface area contributed by atoms with Gasteiger partial charge in [0.25, 0.3) is 0 Å². The molecule has 1 aromatic carbocycles. The highest BCUT2D eigenvalue weighted by Gasteiger charge is 2.23. The summed E-state index contributed by atoms with van der Waals surface area (Å²) in [6.07, 6.45) is 0. The molecule has 0 saturated heterocycles. The average molecular weight is 315 g/mol. The Morgan fingerprint density at radius 1 is 1.35 bits per heavy atom. The summed E-state index contributed by atoms with van der Waals surface area (Å²) in [5.41, 5.74) is 0.316. The van der Waals surface area contributed by atoms with E-state index in [-0.39, 0.29) is 18.0 Å². The maximum atomic E-state index is 13.5. The van der Waals surface area contributed by atoms with Crippen LogP contribution >= 0.6 is 11.3 Å². The quantitative estimate of drug-likeness (QED) is 0.920. The Kier molecular flexibility index (Phi) is 4.54. The first kappa shape index (κ1) is 15.1. The smallest absolute Gasteiger partial charge is 0.243 e. The van der Waals surface area contributed by atoms with Gasteiger partial charge in [0.15, 0.2) is 0 Å². The van der Waals surface area contributed by atoms with Crippen LogP contribution in [-0.4, -0.2) is 24.9 Å². The van der Waals surface area contributed by atoms with Crippen molar-refractivity contribution < 1.29 is 17.9 Å². The molecule has 0 aliphatic heterocycles. The van der Waals surface area contributed by atoms with Gasteiger partial charge in [-0.25, -0.2) is 12.8 Å². The van der Waals surface area contributed by atoms with Crippen molar-refractivity contribution in [2.75, 3.05) is 7.05 Å². The molecule has 2 rings (SSSR count). The lowest BCUT2D eigenvalue weighted by Gasteiger charge is -2.16. The third kappa shape index (κ3) is 3.06. The summed E-state index contributed by atoms with van der Waals surface area (Å²) in [5, 5.41) is 10.5. The number of aliphatic hydroxyl groups is 1. The van der Waals surface area contributed by atoms with Gasteiger partial charge in [0.2, 0.25) is 10.0 Å². The molecule has 4 nitrogen and oxygen atoms in total. The number of nitrogens with zero attached hydrogens (tertiary/aromatic N) is 1. The summed E-state index contributed by atoms with van der Waals surface area (Å²) >= 11 is 1.17. The van der Waals surface area contributed by atoms with E-state index in [9.17, 15) is 12.8 Å². The van der Waals surface area contributed by atoms with Gasteiger partial charge in [-0.1, -0.05) is 18.2 Å². The van der Waals surface area contributed by atoms with Crippen molar-refractivity contribution in [1.29, 1.82) is 0 Å². The summed E-state index contributed by atoms with van der Waals surface area (Å²) in [4.78, 5) is 0.688. The summed E-state index contributed by atoms with van der Waals surface area (Å²) in [7, 11) is -2.28. The molecule has 0 radical (unpaired) electrons. The van der Waals surface area contributed by atoms with Gasteiger partial charge < -0.3 is 5.11 Å². The largest absolute Gasteiger partial charge is 0.391 e. The normalized spacial score (nSPS) is 12.0. The molecule has 0 saturated carbocycles. The van der Waals surface area contributed by atoms with E-state index in [0.29, 0.717) is 10.4 Å². The molecular weight excluding hydrogens is 301 g/mol. The zero-order chi connectivity index (χ0) is 14.8. The second kappa shape index (κ2) is 6.01. The SMILES string of the molecule is CN(Cc1ccccc1F)S(=O)(=O)c1csc(CO)c1. The molecule has 7 heteroatoms. The maximum Gasteiger partial charge on any atom is 0.243 e. The van der Waals surface area contributed by atoms with Crippen LogP contribution in [0.2, 0.25) is 0 Å². The number of halogens is 1. The monoisotopic (exact) mass is 315 g/mol. The fourth-order valence-corrected chi connectivity index (χ4v) is 3.98. The van der Waals surface area contributed by atoms with Gasteiger partial charge in [0.05, 0.1) is 11.5 Å². The van der Waals surface area contributed by atoms with Crippen molar-refractivity contribution in [1.82, 2.24) is 4.31 Å². The van der Waals surface area contributed by atoms with E-state index >= 15 is 0 Å². The van der Waals surface area contributed by atoms with Crippen LogP contribution in [0, 0.1) is 5.82 Å². The molecule has 1 N–H and O–H groups in total. The van der Waals surface area contributed by atoms with Gasteiger partial charge in [-0.2, -0.15) is 4.31 Å². The Bertz CT molecular complexity index is 697. The van der Waals surface area contributed by atoms with Crippen LogP contribution in [0.5, 0.6) is 0 Å². The number of aliphatic hydroxyl groups excluding tert-OH is 1. The van der Waals surface area contributed by atoms with Gasteiger partial charge in [0, 0.05) is 29.4 Å². The first-order valence-corrected chi connectivity index (χ1v) is 8.15. The second-order valence-electron chi connectivity index (χ2n) is 4.26. The fraction of sp³-hybridized carbons (Fsp3) is 0.231. The summed E-state index contributed by atoms with van der Waals surface area (Å²) < 4.78 is 39.2. The molecule has 0 unspecified atom stereocenters. The molecule has 0 atom stereocenters. The number of hydrogen-bond acceptors (Lipinski definition) is 4. The number of benzene rings is 1. The minimum absolute atomic E-state index is 0.0423. The summed E-state index contributed by atoms with van der Waals surface area (Å²) in [6, 6.07) is 7.49. The van der Waals surface area contributed by atoms with Crippen molar-refractivity contribution in [3.05, 3.63) is 52.0 Å². The molecule has 2 aromatic rings. The maximum absolute atomic E-state index is 13.5. The Hall–Kier alpha value is -1.28. The lowest BCUT2D eigenvalue weighted by atomic mass is 10.2. The average Bonchev–Trinajstić information content (AvgIpc) is 2.90. The number of thiophene rings is 1. The highest BCUT2D eigenvalue weighted by Crippen LogP contribution is 2.23. The Balaban J connectivity index is 2.23. The fourth-order valence-electron chi connectivity index (χ4n) is 1.71. The summed E-state index contributed by atoms with van der Waals surface area (Å²) in [6.45, 7) is -0.240. The lowest BCUT2D eigenvalue weighted by Crippen LogP contribution is -2.26. The summed E-state index contributed by atoms with van der Waals surface area (Å²) in [5.74, 6) is -0.434. The number of hydrogen-bond donors (Lipinski definition) is 1. The molecule has 0 aliphatic rings. The van der Waals surface area contributed by atoms with E-state index in [1.807, 2.05) is 0 Å². The van der Waals surface area contributed by atoms with Crippen LogP contribution in [0.25, 0.3) is 0 Å². The van der Waals surface area contributed by atoms with Crippen molar-refractivity contribution in [2.24, 2.45) is 0 Å². The zero-order valence-corrected chi connectivity index (χ0v) is 12.4. The minimum Gasteiger partial charge on any atom is -0.391 e. The molecule has 20 heavy (non-hydrogen) atoms. The third-order valence-corrected chi connectivity index (χ3v) is 5.70. The van der Waals surface area contributed by atoms with E-state index in [1.54, 1.807) is 18.2 Å². The first-order chi connectivity index (χ1) is 9.45. The Labute approximate surface area is 121 Å². The first-order valence-electron chi connectivity index (χ1n) is 5.83. The minimum atomic E-state index is -3.68. The molecule has 1 heterocycles. The topological polar surface area (TPSA) is 57.6 Å². The van der Waals surface area contributed by atoms with Crippen LogP contribution in [0.4, 0.5) is 4.39 Å². The van der Waals surface area contributed by atoms with Gasteiger partial charge in [-0.05, 0) is 12.1 Å². The molecule has 0 spiro atoms. The van der Waals surface area contributed by atoms with Crippen molar-refractivity contribution in [3.8, 4) is 0 Å². The molecule has 0 bridgehead atoms. The van der Waals surface area contributed by atoms with Crippen molar-refractivity contribution in [3.63, 3.8) is 0 Å². The van der Waals surface area contributed by atoms with E-state index in [4.69, 9.17) is 5.11 Å². The van der Waals surface area contributed by atoms with Gasteiger partial charge in [0.1, 0.15) is 5.82 Å². The Morgan fingerprint density at radius 2 is 2.05 bits per heavy atom. The van der Waals surface area contributed by atoms with Crippen molar-refractivity contribution in [2.45, 2.75) is 18.0 Å². The zero-order valence-electron chi connectivity index (χ0n) is 10.8. The molecule has 108 valence electrons. The van der Waals surface area contributed by atoms with Crippen LogP contribution in [0.1, 0.15) is 10.4 Å². The molecule has 0 fully saturated rings. The second-order valence-corrected chi connectivity index (χ2v) is 7.30. The van der Waals surface area contributed by atoms with Gasteiger partial charge >= 0.3 is 0 Å². The van der Waals surface area contributed by atoms with Crippen LogP contribution in [-0.2, 0) is 23.2 Å². The predicted octanol–water partition coefficient (Wildman–Crippen LogP) is 2.20. The van der Waals surface area contributed by atoms with Crippen LogP contribution in [0.3, 0.4) is 0 Å². The predicted molar refractivity (Wildman–Crippen MR) is 75.3 cm³/mol. The molecule has 0 amide bonds. The number of rotatable bonds is 5. The van der Waals surface area contributed by atoms with E-state index in [1.165, 1.54) is 35.9 Å². The molecule has 1 aromatic heterocycles. The van der Waals surface area contributed by atoms with E-state index in [2.05, 4.69) is 0 Å². The van der Waals surface area contributed by atoms with Gasteiger partial charge in [-0.3, -0.25) is 0 Å². The van der Waals surface area contributed by atoms with E-state index < -0.39 is 15.8 Å². The van der Waals surface area contributed by atoms with Gasteiger partial charge in [-0.15, -0.1) is 11.3 Å². The van der Waals surface area contributed by atoms with Crippen molar-refractivity contribution >= 4 is 21.4 Å². The van der Waals surface area contributed by atoms with Crippen LogP contribution < -0.4 is 0 Å². The lowest BCUT2D eigenvalue weighted by molar-refractivity contribution is 0.285. The number of sulfonamides is 1. The third-order valence-electron chi connectivity index (χ3n) is 2.84.